The summed E-state index contributed by atoms with van der Waals surface area (Å²) in [6, 6.07) is 0. The number of rotatable bonds is 5. The number of halogens is 6. The predicted molar refractivity (Wildman–Crippen MR) is 98.5 cm³/mol. The second kappa shape index (κ2) is 7.52. The SMILES string of the molecule is CC1C2CC(C(=O)OC(CC3CC4CCC3C4)C(O)(C(F)(F)F)C(F)(F)F)C(C2)C1C. The molecule has 4 fully saturated rings. The standard InChI is InChI=1S/C22H30F6O3/c1-10-11(2)16-7-14(10)8-17(16)19(29)31-18(9-15-6-12-3-4-13(15)5-12)20(30,21(23,24)25)22(26,27)28/h10-18,30H,3-9H2,1-2H3. The van der Waals surface area contributed by atoms with Gasteiger partial charge in [-0.2, -0.15) is 26.3 Å². The monoisotopic (exact) mass is 456 g/mol. The summed E-state index contributed by atoms with van der Waals surface area (Å²) in [6.45, 7) is 4.02. The summed E-state index contributed by atoms with van der Waals surface area (Å²) in [5, 5.41) is 10.1. The summed E-state index contributed by atoms with van der Waals surface area (Å²) in [4.78, 5) is 12.9. The third-order valence-corrected chi connectivity index (χ3v) is 9.19. The molecule has 0 aliphatic heterocycles. The van der Waals surface area contributed by atoms with Crippen molar-refractivity contribution in [3.8, 4) is 0 Å². The first-order valence-electron chi connectivity index (χ1n) is 11.3. The first-order valence-corrected chi connectivity index (χ1v) is 11.3. The van der Waals surface area contributed by atoms with Gasteiger partial charge >= 0.3 is 18.3 Å². The lowest BCUT2D eigenvalue weighted by Crippen LogP contribution is -2.65. The van der Waals surface area contributed by atoms with Crippen LogP contribution in [0.1, 0.15) is 58.8 Å². The molecular weight excluding hydrogens is 426 g/mol. The molecule has 0 aromatic heterocycles. The van der Waals surface area contributed by atoms with Gasteiger partial charge in [0.2, 0.25) is 0 Å². The number of ether oxygens (including phenoxy) is 1. The maximum absolute atomic E-state index is 13.6. The lowest BCUT2D eigenvalue weighted by Gasteiger charge is -2.41. The Balaban J connectivity index is 1.59. The van der Waals surface area contributed by atoms with E-state index in [1.165, 1.54) is 0 Å². The number of aliphatic hydroxyl groups is 1. The van der Waals surface area contributed by atoms with Gasteiger partial charge in [0.1, 0.15) is 6.10 Å². The van der Waals surface area contributed by atoms with E-state index in [4.69, 9.17) is 4.74 Å². The highest BCUT2D eigenvalue weighted by Crippen LogP contribution is 2.57. The van der Waals surface area contributed by atoms with Crippen molar-refractivity contribution in [1.29, 1.82) is 0 Å². The van der Waals surface area contributed by atoms with Crippen molar-refractivity contribution in [2.24, 2.45) is 47.3 Å². The Morgan fingerprint density at radius 3 is 2.03 bits per heavy atom. The zero-order valence-corrected chi connectivity index (χ0v) is 17.7. The first kappa shape index (κ1) is 23.2. The van der Waals surface area contributed by atoms with E-state index in [2.05, 4.69) is 6.92 Å². The van der Waals surface area contributed by atoms with E-state index in [-0.39, 0.29) is 23.7 Å². The number of carbonyl (C=O) groups excluding carboxylic acids is 1. The van der Waals surface area contributed by atoms with Crippen LogP contribution in [0, 0.1) is 47.3 Å². The summed E-state index contributed by atoms with van der Waals surface area (Å²) in [5.74, 6) is -1.16. The van der Waals surface area contributed by atoms with Crippen LogP contribution in [-0.2, 0) is 9.53 Å². The van der Waals surface area contributed by atoms with Crippen molar-refractivity contribution in [1.82, 2.24) is 0 Å². The fraction of sp³-hybridized carbons (Fsp3) is 0.955. The van der Waals surface area contributed by atoms with Crippen LogP contribution in [-0.4, -0.2) is 35.1 Å². The van der Waals surface area contributed by atoms with Gasteiger partial charge in [-0.25, -0.2) is 0 Å². The van der Waals surface area contributed by atoms with E-state index >= 15 is 0 Å². The molecule has 4 bridgehead atoms. The van der Waals surface area contributed by atoms with Crippen molar-refractivity contribution in [3.05, 3.63) is 0 Å². The van der Waals surface area contributed by atoms with Crippen molar-refractivity contribution >= 4 is 5.97 Å². The van der Waals surface area contributed by atoms with Crippen molar-refractivity contribution in [2.45, 2.75) is 82.9 Å². The lowest BCUT2D eigenvalue weighted by molar-refractivity contribution is -0.392. The quantitative estimate of drug-likeness (QED) is 0.439. The zero-order chi connectivity index (χ0) is 22.9. The maximum atomic E-state index is 13.6. The van der Waals surface area contributed by atoms with Crippen LogP contribution in [0.2, 0.25) is 0 Å². The van der Waals surface area contributed by atoms with E-state index in [1.54, 1.807) is 0 Å². The number of esters is 1. The Hall–Kier alpha value is -0.990. The average Bonchev–Trinajstić information content (AvgIpc) is 3.41. The largest absolute Gasteiger partial charge is 0.458 e. The van der Waals surface area contributed by atoms with Gasteiger partial charge in [-0.1, -0.05) is 20.3 Å². The number of hydrogen-bond acceptors (Lipinski definition) is 3. The molecule has 4 rings (SSSR count). The molecule has 0 amide bonds. The molecule has 9 unspecified atom stereocenters. The number of carbonyl (C=O) groups is 1. The topological polar surface area (TPSA) is 46.5 Å². The fourth-order valence-corrected chi connectivity index (χ4v) is 7.21. The molecule has 0 aromatic carbocycles. The molecule has 0 aromatic rings. The molecule has 1 N–H and O–H groups in total. The van der Waals surface area contributed by atoms with Crippen LogP contribution in [0.5, 0.6) is 0 Å². The summed E-state index contributed by atoms with van der Waals surface area (Å²) in [5.41, 5.74) is -5.08. The van der Waals surface area contributed by atoms with Gasteiger partial charge < -0.3 is 9.84 Å². The van der Waals surface area contributed by atoms with Crippen molar-refractivity contribution in [2.75, 3.05) is 0 Å². The number of fused-ring (bicyclic) bond motifs is 4. The molecule has 0 spiro atoms. The minimum atomic E-state index is -6.01. The van der Waals surface area contributed by atoms with Gasteiger partial charge in [0.25, 0.3) is 5.60 Å². The molecular formula is C22H30F6O3. The predicted octanol–water partition coefficient (Wildman–Crippen LogP) is 5.51. The molecule has 0 heterocycles. The summed E-state index contributed by atoms with van der Waals surface area (Å²) in [6.07, 6.45) is -11.2. The summed E-state index contributed by atoms with van der Waals surface area (Å²) >= 11 is 0. The second-order valence-corrected chi connectivity index (χ2v) is 10.6. The van der Waals surface area contributed by atoms with Gasteiger partial charge in [0.05, 0.1) is 5.92 Å². The Morgan fingerprint density at radius 1 is 0.935 bits per heavy atom. The van der Waals surface area contributed by atoms with E-state index < -0.39 is 48.3 Å². The molecule has 0 radical (unpaired) electrons. The molecule has 178 valence electrons. The van der Waals surface area contributed by atoms with Crippen LogP contribution in [0.25, 0.3) is 0 Å². The maximum Gasteiger partial charge on any atom is 0.430 e. The highest BCUT2D eigenvalue weighted by molar-refractivity contribution is 5.74. The Morgan fingerprint density at radius 2 is 1.58 bits per heavy atom. The Kier molecular flexibility index (Phi) is 5.62. The van der Waals surface area contributed by atoms with E-state index in [9.17, 15) is 36.2 Å². The highest BCUT2D eigenvalue weighted by atomic mass is 19.4. The average molecular weight is 456 g/mol. The van der Waals surface area contributed by atoms with Gasteiger partial charge in [0.15, 0.2) is 0 Å². The van der Waals surface area contributed by atoms with Crippen LogP contribution >= 0.6 is 0 Å². The van der Waals surface area contributed by atoms with Gasteiger partial charge in [0, 0.05) is 0 Å². The minimum absolute atomic E-state index is 0.0280. The Bertz CT molecular complexity index is 688. The van der Waals surface area contributed by atoms with Gasteiger partial charge in [-0.15, -0.1) is 0 Å². The lowest BCUT2D eigenvalue weighted by atomic mass is 9.75. The van der Waals surface area contributed by atoms with Crippen LogP contribution in [0.4, 0.5) is 26.3 Å². The van der Waals surface area contributed by atoms with E-state index in [0.717, 1.165) is 25.7 Å². The number of alkyl halides is 6. The first-order chi connectivity index (χ1) is 14.2. The third-order valence-electron chi connectivity index (χ3n) is 9.19. The summed E-state index contributed by atoms with van der Waals surface area (Å²) in [7, 11) is 0. The zero-order valence-electron chi connectivity index (χ0n) is 17.7. The van der Waals surface area contributed by atoms with Crippen LogP contribution < -0.4 is 0 Å². The Labute approximate surface area is 177 Å². The van der Waals surface area contributed by atoms with Crippen LogP contribution in [0.15, 0.2) is 0 Å². The van der Waals surface area contributed by atoms with E-state index in [1.807, 2.05) is 6.92 Å². The minimum Gasteiger partial charge on any atom is -0.458 e. The van der Waals surface area contributed by atoms with Gasteiger partial charge in [-0.3, -0.25) is 4.79 Å². The van der Waals surface area contributed by atoms with E-state index in [0.29, 0.717) is 24.7 Å². The normalized spacial score (nSPS) is 41.1. The second-order valence-electron chi connectivity index (χ2n) is 10.6. The van der Waals surface area contributed by atoms with Crippen molar-refractivity contribution in [3.63, 3.8) is 0 Å². The summed E-state index contributed by atoms with van der Waals surface area (Å²) < 4.78 is 86.9. The molecule has 31 heavy (non-hydrogen) atoms. The third kappa shape index (κ3) is 3.66. The molecule has 4 saturated carbocycles. The van der Waals surface area contributed by atoms with Crippen molar-refractivity contribution < 1.29 is 41.0 Å². The van der Waals surface area contributed by atoms with Crippen LogP contribution in [0.3, 0.4) is 0 Å². The molecule has 4 aliphatic carbocycles. The fourth-order valence-electron chi connectivity index (χ4n) is 7.21. The molecule has 0 saturated heterocycles. The molecule has 3 nitrogen and oxygen atoms in total. The molecule has 4 aliphatic rings. The smallest absolute Gasteiger partial charge is 0.430 e. The number of hydrogen-bond donors (Lipinski definition) is 1. The van der Waals surface area contributed by atoms with Gasteiger partial charge in [-0.05, 0) is 80.0 Å². The molecule has 9 heteroatoms. The molecule has 9 atom stereocenters. The highest BCUT2D eigenvalue weighted by Gasteiger charge is 2.76.